The smallest absolute Gasteiger partial charge is 0.303 e. The first kappa shape index (κ1) is 14.0. The van der Waals surface area contributed by atoms with Crippen LogP contribution < -0.4 is 5.56 Å². The predicted octanol–water partition coefficient (Wildman–Crippen LogP) is 2.40. The third-order valence-electron chi connectivity index (χ3n) is 3.42. The van der Waals surface area contributed by atoms with Gasteiger partial charge in [-0.3, -0.25) is 14.2 Å². The Kier molecular flexibility index (Phi) is 3.70. The number of carbonyl (C=O) groups is 1. The zero-order chi connectivity index (χ0) is 15.5. The van der Waals surface area contributed by atoms with Gasteiger partial charge in [-0.25, -0.2) is 4.98 Å². The minimum atomic E-state index is -0.915. The van der Waals surface area contributed by atoms with Gasteiger partial charge in [-0.2, -0.15) is 0 Å². The maximum absolute atomic E-state index is 12.8. The summed E-state index contributed by atoms with van der Waals surface area (Å²) in [5.41, 5.74) is 1.09. The molecule has 0 radical (unpaired) electrons. The molecule has 5 heteroatoms. The Morgan fingerprint density at radius 2 is 1.73 bits per heavy atom. The average molecular weight is 294 g/mol. The Labute approximate surface area is 126 Å². The Hall–Kier alpha value is -2.95. The van der Waals surface area contributed by atoms with E-state index in [0.717, 1.165) is 0 Å². The minimum absolute atomic E-state index is 0.0718. The molecule has 3 rings (SSSR count). The molecule has 3 aromatic rings. The van der Waals surface area contributed by atoms with Gasteiger partial charge in [0.2, 0.25) is 0 Å². The average Bonchev–Trinajstić information content (AvgIpc) is 2.54. The van der Waals surface area contributed by atoms with Crippen LogP contribution in [0.1, 0.15) is 12.2 Å². The first-order valence-corrected chi connectivity index (χ1v) is 6.95. The van der Waals surface area contributed by atoms with Crippen LogP contribution in [-0.4, -0.2) is 20.6 Å². The molecule has 0 aliphatic carbocycles. The SMILES string of the molecule is O=C(O)CCc1nc2ccccc2c(=O)n1-c1ccccc1. The number of aromatic nitrogens is 2. The van der Waals surface area contributed by atoms with E-state index in [1.807, 2.05) is 36.4 Å². The van der Waals surface area contributed by atoms with E-state index in [0.29, 0.717) is 22.4 Å². The topological polar surface area (TPSA) is 72.2 Å². The third kappa shape index (κ3) is 2.61. The van der Waals surface area contributed by atoms with Crippen LogP contribution in [0.4, 0.5) is 0 Å². The summed E-state index contributed by atoms with van der Waals surface area (Å²) in [4.78, 5) is 28.1. The standard InChI is InChI=1S/C17H14N2O3/c20-16(21)11-10-15-18-14-9-5-4-8-13(14)17(22)19(15)12-6-2-1-3-7-12/h1-9H,10-11H2,(H,20,21). The van der Waals surface area contributed by atoms with E-state index in [1.165, 1.54) is 4.57 Å². The van der Waals surface area contributed by atoms with Gasteiger partial charge in [-0.05, 0) is 24.3 Å². The van der Waals surface area contributed by atoms with E-state index in [2.05, 4.69) is 4.98 Å². The van der Waals surface area contributed by atoms with Crippen LogP contribution in [0.2, 0.25) is 0 Å². The Bertz CT molecular complexity index is 885. The molecule has 0 bridgehead atoms. The van der Waals surface area contributed by atoms with Crippen molar-refractivity contribution in [3.63, 3.8) is 0 Å². The lowest BCUT2D eigenvalue weighted by Crippen LogP contribution is -2.24. The molecule has 0 unspecified atom stereocenters. The molecule has 1 N–H and O–H groups in total. The summed E-state index contributed by atoms with van der Waals surface area (Å²) >= 11 is 0. The highest BCUT2D eigenvalue weighted by Crippen LogP contribution is 2.14. The molecule has 2 aromatic carbocycles. The maximum Gasteiger partial charge on any atom is 0.303 e. The van der Waals surface area contributed by atoms with Crippen molar-refractivity contribution in [2.45, 2.75) is 12.8 Å². The highest BCUT2D eigenvalue weighted by molar-refractivity contribution is 5.78. The van der Waals surface area contributed by atoms with Crippen LogP contribution in [-0.2, 0) is 11.2 Å². The van der Waals surface area contributed by atoms with Gasteiger partial charge >= 0.3 is 5.97 Å². The van der Waals surface area contributed by atoms with Crippen molar-refractivity contribution in [1.29, 1.82) is 0 Å². The van der Waals surface area contributed by atoms with E-state index in [1.54, 1.807) is 18.2 Å². The monoisotopic (exact) mass is 294 g/mol. The van der Waals surface area contributed by atoms with E-state index >= 15 is 0 Å². The van der Waals surface area contributed by atoms with E-state index in [4.69, 9.17) is 5.11 Å². The zero-order valence-electron chi connectivity index (χ0n) is 11.8. The lowest BCUT2D eigenvalue weighted by molar-refractivity contribution is -0.137. The lowest BCUT2D eigenvalue weighted by Gasteiger charge is -2.13. The summed E-state index contributed by atoms with van der Waals surface area (Å²) in [5, 5.41) is 9.42. The van der Waals surface area contributed by atoms with Crippen molar-refractivity contribution in [2.75, 3.05) is 0 Å². The van der Waals surface area contributed by atoms with Crippen molar-refractivity contribution in [1.82, 2.24) is 9.55 Å². The minimum Gasteiger partial charge on any atom is -0.481 e. The second kappa shape index (κ2) is 5.81. The number of aryl methyl sites for hydroxylation is 1. The quantitative estimate of drug-likeness (QED) is 0.802. The highest BCUT2D eigenvalue weighted by Gasteiger charge is 2.13. The molecule has 110 valence electrons. The molecule has 0 aliphatic rings. The summed E-state index contributed by atoms with van der Waals surface area (Å²) in [6.45, 7) is 0. The van der Waals surface area contributed by atoms with Gasteiger partial charge in [-0.15, -0.1) is 0 Å². The van der Waals surface area contributed by atoms with Gasteiger partial charge in [-0.1, -0.05) is 30.3 Å². The Balaban J connectivity index is 2.26. The second-order valence-electron chi connectivity index (χ2n) is 4.92. The van der Waals surface area contributed by atoms with Gasteiger partial charge < -0.3 is 5.11 Å². The van der Waals surface area contributed by atoms with Gasteiger partial charge in [0.15, 0.2) is 0 Å². The Morgan fingerprint density at radius 3 is 2.45 bits per heavy atom. The number of carboxylic acid groups (broad SMARTS) is 1. The fraction of sp³-hybridized carbons (Fsp3) is 0.118. The molecule has 1 aromatic heterocycles. The molecule has 0 aliphatic heterocycles. The number of fused-ring (bicyclic) bond motifs is 1. The lowest BCUT2D eigenvalue weighted by atomic mass is 10.2. The molecule has 22 heavy (non-hydrogen) atoms. The van der Waals surface area contributed by atoms with Gasteiger partial charge in [0.05, 0.1) is 23.0 Å². The number of hydrogen-bond acceptors (Lipinski definition) is 3. The summed E-state index contributed by atoms with van der Waals surface area (Å²) in [5.74, 6) is -0.459. The number of para-hydroxylation sites is 2. The first-order chi connectivity index (χ1) is 10.7. The molecular weight excluding hydrogens is 280 g/mol. The van der Waals surface area contributed by atoms with Crippen LogP contribution in [0.15, 0.2) is 59.4 Å². The van der Waals surface area contributed by atoms with Gasteiger partial charge in [0.25, 0.3) is 5.56 Å². The van der Waals surface area contributed by atoms with Gasteiger partial charge in [0, 0.05) is 6.42 Å². The van der Waals surface area contributed by atoms with Crippen LogP contribution in [0.25, 0.3) is 16.6 Å². The predicted molar refractivity (Wildman–Crippen MR) is 83.3 cm³/mol. The van der Waals surface area contributed by atoms with Crippen molar-refractivity contribution in [3.05, 3.63) is 70.8 Å². The van der Waals surface area contributed by atoms with Crippen molar-refractivity contribution in [2.24, 2.45) is 0 Å². The fourth-order valence-electron chi connectivity index (χ4n) is 2.41. The number of benzene rings is 2. The largest absolute Gasteiger partial charge is 0.481 e. The van der Waals surface area contributed by atoms with Crippen LogP contribution >= 0.6 is 0 Å². The number of hydrogen-bond donors (Lipinski definition) is 1. The molecule has 0 spiro atoms. The fourth-order valence-corrected chi connectivity index (χ4v) is 2.41. The zero-order valence-corrected chi connectivity index (χ0v) is 11.8. The summed E-state index contributed by atoms with van der Waals surface area (Å²) < 4.78 is 1.49. The molecule has 5 nitrogen and oxygen atoms in total. The summed E-state index contributed by atoms with van der Waals surface area (Å²) in [6, 6.07) is 16.2. The molecule has 0 amide bonds. The summed E-state index contributed by atoms with van der Waals surface area (Å²) in [6.07, 6.45) is 0.127. The summed E-state index contributed by atoms with van der Waals surface area (Å²) in [7, 11) is 0. The molecular formula is C17H14N2O3. The highest BCUT2D eigenvalue weighted by atomic mass is 16.4. The van der Waals surface area contributed by atoms with Crippen LogP contribution in [0.3, 0.4) is 0 Å². The van der Waals surface area contributed by atoms with Crippen molar-refractivity contribution < 1.29 is 9.90 Å². The third-order valence-corrected chi connectivity index (χ3v) is 3.42. The van der Waals surface area contributed by atoms with Crippen LogP contribution in [0.5, 0.6) is 0 Å². The molecule has 0 saturated heterocycles. The molecule has 1 heterocycles. The normalized spacial score (nSPS) is 10.7. The number of aliphatic carboxylic acids is 1. The Morgan fingerprint density at radius 1 is 1.05 bits per heavy atom. The van der Waals surface area contributed by atoms with Crippen LogP contribution in [0, 0.1) is 0 Å². The maximum atomic E-state index is 12.8. The number of rotatable bonds is 4. The van der Waals surface area contributed by atoms with Crippen molar-refractivity contribution >= 4 is 16.9 Å². The molecule has 0 fully saturated rings. The number of nitrogens with zero attached hydrogens (tertiary/aromatic N) is 2. The second-order valence-corrected chi connectivity index (χ2v) is 4.92. The number of carboxylic acids is 1. The van der Waals surface area contributed by atoms with E-state index in [-0.39, 0.29) is 18.4 Å². The first-order valence-electron chi connectivity index (χ1n) is 6.95. The van der Waals surface area contributed by atoms with Gasteiger partial charge in [0.1, 0.15) is 5.82 Å². The molecule has 0 saturated carbocycles. The molecule has 0 atom stereocenters. The van der Waals surface area contributed by atoms with E-state index in [9.17, 15) is 9.59 Å². The van der Waals surface area contributed by atoms with E-state index < -0.39 is 5.97 Å². The van der Waals surface area contributed by atoms with Crippen molar-refractivity contribution in [3.8, 4) is 5.69 Å².